The number of carboxylic acids is 1. The largest absolute Gasteiger partial charge is 0.487 e. The first-order chi connectivity index (χ1) is 18.8. The summed E-state index contributed by atoms with van der Waals surface area (Å²) in [5.74, 6) is -0.563. The predicted molar refractivity (Wildman–Crippen MR) is 146 cm³/mol. The maximum absolute atomic E-state index is 13.3. The molecule has 5 nitrogen and oxygen atoms in total. The van der Waals surface area contributed by atoms with E-state index >= 15 is 0 Å². The van der Waals surface area contributed by atoms with Gasteiger partial charge in [-0.25, -0.2) is 0 Å². The van der Waals surface area contributed by atoms with Crippen molar-refractivity contribution in [3.8, 4) is 5.75 Å². The van der Waals surface area contributed by atoms with Crippen LogP contribution in [0, 0.1) is 5.92 Å². The first kappa shape index (κ1) is 29.2. The molecular formula is C32H34F3NO4. The molecule has 1 amide bonds. The van der Waals surface area contributed by atoms with Gasteiger partial charge < -0.3 is 14.7 Å². The Hall–Kier alpha value is -3.81. The van der Waals surface area contributed by atoms with Crippen LogP contribution in [0.1, 0.15) is 65.4 Å². The van der Waals surface area contributed by atoms with Crippen molar-refractivity contribution in [3.05, 3.63) is 100 Å². The third kappa shape index (κ3) is 7.43. The molecule has 212 valence electrons. The number of benzene rings is 3. The number of ether oxygens (including phenoxy) is 1. The Labute approximate surface area is 232 Å². The molecule has 0 fully saturated rings. The molecule has 0 unspecified atom stereocenters. The second-order valence-electron chi connectivity index (χ2n) is 11.2. The van der Waals surface area contributed by atoms with Crippen molar-refractivity contribution in [1.29, 1.82) is 0 Å². The van der Waals surface area contributed by atoms with Gasteiger partial charge in [0.2, 0.25) is 0 Å². The van der Waals surface area contributed by atoms with Crippen LogP contribution in [0.4, 0.5) is 13.2 Å². The summed E-state index contributed by atoms with van der Waals surface area (Å²) in [7, 11) is 0. The molecule has 0 spiro atoms. The van der Waals surface area contributed by atoms with Crippen molar-refractivity contribution in [2.45, 2.75) is 64.8 Å². The fourth-order valence-electron chi connectivity index (χ4n) is 5.16. The van der Waals surface area contributed by atoms with Crippen LogP contribution in [0.15, 0.2) is 66.7 Å². The Morgan fingerprint density at radius 2 is 1.70 bits per heavy atom. The summed E-state index contributed by atoms with van der Waals surface area (Å²) < 4.78 is 45.8. The van der Waals surface area contributed by atoms with Gasteiger partial charge in [0.25, 0.3) is 5.91 Å². The van der Waals surface area contributed by atoms with Crippen molar-refractivity contribution in [2.75, 3.05) is 6.54 Å². The monoisotopic (exact) mass is 553 g/mol. The second-order valence-corrected chi connectivity index (χ2v) is 11.2. The zero-order valence-corrected chi connectivity index (χ0v) is 22.9. The van der Waals surface area contributed by atoms with E-state index in [1.165, 1.54) is 23.3 Å². The Morgan fingerprint density at radius 1 is 1.00 bits per heavy atom. The van der Waals surface area contributed by atoms with Gasteiger partial charge >= 0.3 is 12.1 Å². The Balaban J connectivity index is 1.48. The number of amides is 1. The molecular weight excluding hydrogens is 519 g/mol. The lowest BCUT2D eigenvalue weighted by atomic mass is 9.86. The number of rotatable bonds is 9. The molecule has 1 atom stereocenters. The number of aliphatic carboxylic acids is 1. The van der Waals surface area contributed by atoms with E-state index < -0.39 is 35.8 Å². The van der Waals surface area contributed by atoms with E-state index in [1.54, 1.807) is 18.2 Å². The van der Waals surface area contributed by atoms with Crippen LogP contribution < -0.4 is 4.74 Å². The van der Waals surface area contributed by atoms with E-state index in [-0.39, 0.29) is 17.7 Å². The summed E-state index contributed by atoms with van der Waals surface area (Å²) in [6.45, 7) is 5.55. The molecule has 0 bridgehead atoms. The van der Waals surface area contributed by atoms with Crippen molar-refractivity contribution in [3.63, 3.8) is 0 Å². The molecule has 40 heavy (non-hydrogen) atoms. The number of carbonyl (C=O) groups excluding carboxylic acids is 1. The SMILES string of the molecule is CC(C)Cc1ccc(C[C@]2(C)CCc3cc(C(=O)N(CC(=O)O)Cc4cccc(C(F)(F)F)c4)ccc3O2)cc1. The Kier molecular flexibility index (Phi) is 8.57. The molecule has 1 aliphatic heterocycles. The van der Waals surface area contributed by atoms with Crippen LogP contribution in [0.25, 0.3) is 0 Å². The van der Waals surface area contributed by atoms with Gasteiger partial charge in [-0.15, -0.1) is 0 Å². The smallest absolute Gasteiger partial charge is 0.416 e. The molecule has 0 aliphatic carbocycles. The molecule has 3 aromatic rings. The maximum Gasteiger partial charge on any atom is 0.416 e. The number of carbonyl (C=O) groups is 2. The van der Waals surface area contributed by atoms with Crippen molar-refractivity contribution in [2.24, 2.45) is 5.92 Å². The zero-order valence-electron chi connectivity index (χ0n) is 22.9. The topological polar surface area (TPSA) is 66.8 Å². The minimum atomic E-state index is -4.54. The number of carboxylic acid groups (broad SMARTS) is 1. The quantitative estimate of drug-likeness (QED) is 0.311. The average molecular weight is 554 g/mol. The molecule has 0 saturated heterocycles. The van der Waals surface area contributed by atoms with Gasteiger partial charge in [0.1, 0.15) is 17.9 Å². The number of fused-ring (bicyclic) bond motifs is 1. The van der Waals surface area contributed by atoms with Gasteiger partial charge in [0.15, 0.2) is 0 Å². The highest BCUT2D eigenvalue weighted by Crippen LogP contribution is 2.36. The van der Waals surface area contributed by atoms with E-state index in [0.29, 0.717) is 18.1 Å². The average Bonchev–Trinajstić information content (AvgIpc) is 2.88. The number of hydrogen-bond donors (Lipinski definition) is 1. The summed E-state index contributed by atoms with van der Waals surface area (Å²) in [5.41, 5.74) is 2.51. The van der Waals surface area contributed by atoms with Crippen LogP contribution in [0.3, 0.4) is 0 Å². The van der Waals surface area contributed by atoms with Gasteiger partial charge in [0.05, 0.1) is 5.56 Å². The van der Waals surface area contributed by atoms with E-state index in [9.17, 15) is 27.9 Å². The van der Waals surface area contributed by atoms with Crippen molar-refractivity contribution >= 4 is 11.9 Å². The van der Waals surface area contributed by atoms with Gasteiger partial charge in [-0.1, -0.05) is 50.2 Å². The fourth-order valence-corrected chi connectivity index (χ4v) is 5.16. The molecule has 0 saturated carbocycles. The first-order valence-electron chi connectivity index (χ1n) is 13.4. The number of hydrogen-bond acceptors (Lipinski definition) is 3. The van der Waals surface area contributed by atoms with Gasteiger partial charge in [-0.05, 0) is 84.7 Å². The molecule has 3 aromatic carbocycles. The highest BCUT2D eigenvalue weighted by atomic mass is 19.4. The van der Waals surface area contributed by atoms with Gasteiger partial charge in [-0.2, -0.15) is 13.2 Å². The summed E-state index contributed by atoms with van der Waals surface area (Å²) in [6.07, 6.45) is -1.37. The van der Waals surface area contributed by atoms with E-state index in [4.69, 9.17) is 4.74 Å². The third-order valence-corrected chi connectivity index (χ3v) is 7.07. The normalized spacial score (nSPS) is 16.8. The van der Waals surface area contributed by atoms with Crippen molar-refractivity contribution < 1.29 is 32.6 Å². The lowest BCUT2D eigenvalue weighted by Crippen LogP contribution is -2.39. The number of alkyl halides is 3. The summed E-state index contributed by atoms with van der Waals surface area (Å²) in [5, 5.41) is 9.37. The van der Waals surface area contributed by atoms with Crippen LogP contribution in [0.2, 0.25) is 0 Å². The van der Waals surface area contributed by atoms with Crippen LogP contribution in [-0.4, -0.2) is 34.0 Å². The minimum absolute atomic E-state index is 0.193. The molecule has 1 heterocycles. The van der Waals surface area contributed by atoms with Crippen molar-refractivity contribution in [1.82, 2.24) is 4.90 Å². The van der Waals surface area contributed by atoms with Crippen LogP contribution in [-0.2, 0) is 36.8 Å². The van der Waals surface area contributed by atoms with Gasteiger partial charge in [-0.3, -0.25) is 9.59 Å². The Morgan fingerprint density at radius 3 is 2.35 bits per heavy atom. The first-order valence-corrected chi connectivity index (χ1v) is 13.4. The molecule has 8 heteroatoms. The zero-order chi connectivity index (χ0) is 29.1. The van der Waals surface area contributed by atoms with Crippen LogP contribution in [0.5, 0.6) is 5.75 Å². The van der Waals surface area contributed by atoms with E-state index in [0.717, 1.165) is 41.9 Å². The second kappa shape index (κ2) is 11.7. The fraction of sp³-hybridized carbons (Fsp3) is 0.375. The highest BCUT2D eigenvalue weighted by Gasteiger charge is 2.33. The number of nitrogens with zero attached hydrogens (tertiary/aromatic N) is 1. The predicted octanol–water partition coefficient (Wildman–Crippen LogP) is 6.96. The third-order valence-electron chi connectivity index (χ3n) is 7.07. The van der Waals surface area contributed by atoms with Gasteiger partial charge in [0, 0.05) is 18.5 Å². The molecule has 1 aliphatic rings. The number of aryl methyl sites for hydroxylation is 1. The molecule has 0 radical (unpaired) electrons. The lowest BCUT2D eigenvalue weighted by Gasteiger charge is -2.36. The van der Waals surface area contributed by atoms with Crippen LogP contribution >= 0.6 is 0 Å². The highest BCUT2D eigenvalue weighted by molar-refractivity contribution is 5.96. The lowest BCUT2D eigenvalue weighted by molar-refractivity contribution is -0.139. The number of halogens is 3. The summed E-state index contributed by atoms with van der Waals surface area (Å²) in [6, 6.07) is 18.2. The van der Waals surface area contributed by atoms with E-state index in [1.807, 2.05) is 0 Å². The molecule has 0 aromatic heterocycles. The standard InChI is InChI=1S/C32H34F3NO4/c1-21(2)15-22-7-9-23(10-8-22)18-31(3)14-13-25-17-26(11-12-28(25)40-31)30(39)36(20-29(37)38)19-24-5-4-6-27(16-24)32(33,34)35/h4-12,16-17,21H,13-15,18-20H2,1-3H3,(H,37,38)/t31-/m0/s1. The minimum Gasteiger partial charge on any atom is -0.487 e. The summed E-state index contributed by atoms with van der Waals surface area (Å²) in [4.78, 5) is 25.8. The Bertz CT molecular complexity index is 1370. The molecule has 4 rings (SSSR count). The molecule has 1 N–H and O–H groups in total. The summed E-state index contributed by atoms with van der Waals surface area (Å²) >= 11 is 0. The van der Waals surface area contributed by atoms with E-state index in [2.05, 4.69) is 45.0 Å². The maximum atomic E-state index is 13.3.